The second-order valence-electron chi connectivity index (χ2n) is 6.29. The maximum absolute atomic E-state index is 5.90. The predicted molar refractivity (Wildman–Crippen MR) is 107 cm³/mol. The Hall–Kier alpha value is -3.12. The van der Waals surface area contributed by atoms with Gasteiger partial charge in [-0.1, -0.05) is 60.3 Å². The molecule has 0 atom stereocenters. The molecule has 5 aromatic rings. The topological polar surface area (TPSA) is 56.2 Å². The van der Waals surface area contributed by atoms with E-state index >= 15 is 0 Å². The lowest BCUT2D eigenvalue weighted by atomic mass is 10.1. The first kappa shape index (κ1) is 16.1. The molecule has 0 N–H and O–H groups in total. The zero-order valence-electron chi connectivity index (χ0n) is 14.7. The van der Waals surface area contributed by atoms with Crippen LogP contribution in [0.3, 0.4) is 0 Å². The van der Waals surface area contributed by atoms with E-state index in [1.165, 1.54) is 10.9 Å². The van der Waals surface area contributed by atoms with Crippen LogP contribution in [0.1, 0.15) is 11.5 Å². The third kappa shape index (κ3) is 2.88. The van der Waals surface area contributed by atoms with Gasteiger partial charge in [-0.05, 0) is 24.6 Å². The Bertz CT molecular complexity index is 1240. The molecule has 27 heavy (non-hydrogen) atoms. The Kier molecular flexibility index (Phi) is 3.90. The smallest absolute Gasteiger partial charge is 0.205 e. The largest absolute Gasteiger partial charge is 0.440 e. The van der Waals surface area contributed by atoms with Gasteiger partial charge in [0.1, 0.15) is 0 Å². The molecular weight excluding hydrogens is 356 g/mol. The fraction of sp³-hybridized carbons (Fsp3) is 0.0952. The van der Waals surface area contributed by atoms with Crippen LogP contribution in [0.15, 0.2) is 76.4 Å². The fourth-order valence-electron chi connectivity index (χ4n) is 3.21. The second-order valence-corrected chi connectivity index (χ2v) is 7.24. The standard InChI is InChI=1S/C21H16N4OS/c1-14-11-19-23-24-21(25(19)17-10-6-5-9-16(14)17)27-13-20-22-12-18(26-20)15-7-3-2-4-8-15/h2-12H,13H2,1H3. The van der Waals surface area contributed by atoms with Crippen molar-refractivity contribution in [3.8, 4) is 11.3 Å². The molecule has 0 spiro atoms. The highest BCUT2D eigenvalue weighted by Crippen LogP contribution is 2.28. The Balaban J connectivity index is 1.46. The number of benzene rings is 2. The number of hydrogen-bond donors (Lipinski definition) is 0. The number of thioether (sulfide) groups is 1. The highest BCUT2D eigenvalue weighted by molar-refractivity contribution is 7.98. The SMILES string of the molecule is Cc1cc2nnc(SCc3ncc(-c4ccccc4)o3)n2c2ccccc12. The van der Waals surface area contributed by atoms with E-state index in [4.69, 9.17) is 4.42 Å². The lowest BCUT2D eigenvalue weighted by Gasteiger charge is -2.06. The Morgan fingerprint density at radius 1 is 1.00 bits per heavy atom. The summed E-state index contributed by atoms with van der Waals surface area (Å²) in [5.74, 6) is 2.04. The number of para-hydroxylation sites is 1. The van der Waals surface area contributed by atoms with Crippen LogP contribution in [0.2, 0.25) is 0 Å². The van der Waals surface area contributed by atoms with Crippen molar-refractivity contribution in [2.45, 2.75) is 17.8 Å². The lowest BCUT2D eigenvalue weighted by Crippen LogP contribution is -1.93. The minimum atomic E-state index is 0.593. The highest BCUT2D eigenvalue weighted by atomic mass is 32.2. The van der Waals surface area contributed by atoms with Gasteiger partial charge < -0.3 is 4.42 Å². The number of rotatable bonds is 4. The monoisotopic (exact) mass is 372 g/mol. The van der Waals surface area contributed by atoms with E-state index < -0.39 is 0 Å². The lowest BCUT2D eigenvalue weighted by molar-refractivity contribution is 0.530. The van der Waals surface area contributed by atoms with Gasteiger partial charge in [0.2, 0.25) is 5.89 Å². The molecule has 0 radical (unpaired) electrons. The quantitative estimate of drug-likeness (QED) is 0.409. The van der Waals surface area contributed by atoms with Crippen molar-refractivity contribution < 1.29 is 4.42 Å². The summed E-state index contributed by atoms with van der Waals surface area (Å²) in [6, 6.07) is 20.4. The van der Waals surface area contributed by atoms with E-state index in [9.17, 15) is 0 Å². The first-order valence-corrected chi connectivity index (χ1v) is 9.64. The second kappa shape index (κ2) is 6.55. The van der Waals surface area contributed by atoms with Crippen molar-refractivity contribution in [2.75, 3.05) is 0 Å². The summed E-state index contributed by atoms with van der Waals surface area (Å²) in [5.41, 5.74) is 4.18. The zero-order valence-corrected chi connectivity index (χ0v) is 15.5. The van der Waals surface area contributed by atoms with Crippen molar-refractivity contribution in [2.24, 2.45) is 0 Å². The highest BCUT2D eigenvalue weighted by Gasteiger charge is 2.13. The van der Waals surface area contributed by atoms with Crippen LogP contribution in [0.4, 0.5) is 0 Å². The van der Waals surface area contributed by atoms with Gasteiger partial charge in [0.15, 0.2) is 16.6 Å². The van der Waals surface area contributed by atoms with Gasteiger partial charge in [0.05, 0.1) is 17.5 Å². The maximum atomic E-state index is 5.90. The molecule has 0 unspecified atom stereocenters. The molecule has 5 nitrogen and oxygen atoms in total. The summed E-state index contributed by atoms with van der Waals surface area (Å²) >= 11 is 1.57. The molecule has 0 fully saturated rings. The average molecular weight is 372 g/mol. The third-order valence-electron chi connectivity index (χ3n) is 4.51. The molecule has 3 heterocycles. The predicted octanol–water partition coefficient (Wildman–Crippen LogP) is 5.14. The van der Waals surface area contributed by atoms with E-state index in [1.807, 2.05) is 36.4 Å². The van der Waals surface area contributed by atoms with E-state index in [2.05, 4.69) is 50.8 Å². The van der Waals surface area contributed by atoms with Crippen LogP contribution < -0.4 is 0 Å². The van der Waals surface area contributed by atoms with Crippen molar-refractivity contribution in [1.82, 2.24) is 19.6 Å². The molecule has 132 valence electrons. The molecule has 0 saturated carbocycles. The summed E-state index contributed by atoms with van der Waals surface area (Å²) in [7, 11) is 0. The number of hydrogen-bond acceptors (Lipinski definition) is 5. The number of oxazole rings is 1. The number of pyridine rings is 1. The first-order chi connectivity index (χ1) is 13.3. The van der Waals surface area contributed by atoms with Gasteiger partial charge in [-0.15, -0.1) is 10.2 Å². The van der Waals surface area contributed by atoms with Gasteiger partial charge in [-0.25, -0.2) is 4.98 Å². The van der Waals surface area contributed by atoms with Crippen LogP contribution in [0.5, 0.6) is 0 Å². The van der Waals surface area contributed by atoms with E-state index in [0.29, 0.717) is 11.6 Å². The van der Waals surface area contributed by atoms with Crippen LogP contribution in [-0.2, 0) is 5.75 Å². The fourth-order valence-corrected chi connectivity index (χ4v) is 4.01. The Morgan fingerprint density at radius 3 is 2.70 bits per heavy atom. The molecular formula is C21H16N4OS. The minimum absolute atomic E-state index is 0.593. The van der Waals surface area contributed by atoms with Crippen LogP contribution >= 0.6 is 11.8 Å². The molecule has 0 bridgehead atoms. The Morgan fingerprint density at radius 2 is 1.81 bits per heavy atom. The molecule has 2 aromatic carbocycles. The summed E-state index contributed by atoms with van der Waals surface area (Å²) in [5, 5.41) is 10.7. The van der Waals surface area contributed by atoms with Gasteiger partial charge in [-0.2, -0.15) is 0 Å². The van der Waals surface area contributed by atoms with Crippen LogP contribution in [0, 0.1) is 6.92 Å². The molecule has 0 aliphatic carbocycles. The Labute approximate surface area is 160 Å². The van der Waals surface area contributed by atoms with Gasteiger partial charge in [0.25, 0.3) is 0 Å². The summed E-state index contributed by atoms with van der Waals surface area (Å²) < 4.78 is 7.99. The van der Waals surface area contributed by atoms with Crippen molar-refractivity contribution in [3.05, 3.63) is 78.3 Å². The zero-order chi connectivity index (χ0) is 18.2. The number of fused-ring (bicyclic) bond motifs is 3. The third-order valence-corrected chi connectivity index (χ3v) is 5.42. The van der Waals surface area contributed by atoms with Crippen molar-refractivity contribution in [3.63, 3.8) is 0 Å². The van der Waals surface area contributed by atoms with Gasteiger partial charge >= 0.3 is 0 Å². The normalized spacial score (nSPS) is 11.4. The molecule has 0 aliphatic heterocycles. The first-order valence-electron chi connectivity index (χ1n) is 8.66. The number of aryl methyl sites for hydroxylation is 1. The van der Waals surface area contributed by atoms with Gasteiger partial charge in [-0.3, -0.25) is 4.40 Å². The molecule has 0 saturated heterocycles. The summed E-state index contributed by atoms with van der Waals surface area (Å²) in [6.45, 7) is 2.10. The van der Waals surface area contributed by atoms with Crippen LogP contribution in [0.25, 0.3) is 27.9 Å². The summed E-state index contributed by atoms with van der Waals surface area (Å²) in [4.78, 5) is 4.40. The van der Waals surface area contributed by atoms with Crippen LogP contribution in [-0.4, -0.2) is 19.6 Å². The van der Waals surface area contributed by atoms with Gasteiger partial charge in [0, 0.05) is 10.9 Å². The minimum Gasteiger partial charge on any atom is -0.440 e. The van der Waals surface area contributed by atoms with E-state index in [-0.39, 0.29) is 0 Å². The molecule has 0 amide bonds. The molecule has 0 aliphatic rings. The molecule has 3 aromatic heterocycles. The molecule has 6 heteroatoms. The number of aromatic nitrogens is 4. The number of nitrogens with zero attached hydrogens (tertiary/aromatic N) is 4. The maximum Gasteiger partial charge on any atom is 0.205 e. The van der Waals surface area contributed by atoms with E-state index in [0.717, 1.165) is 27.6 Å². The summed E-state index contributed by atoms with van der Waals surface area (Å²) in [6.07, 6.45) is 1.77. The van der Waals surface area contributed by atoms with Crippen molar-refractivity contribution >= 4 is 28.3 Å². The average Bonchev–Trinajstić information content (AvgIpc) is 3.34. The van der Waals surface area contributed by atoms with Crippen molar-refractivity contribution in [1.29, 1.82) is 0 Å². The molecule has 5 rings (SSSR count). The van der Waals surface area contributed by atoms with E-state index in [1.54, 1.807) is 18.0 Å².